The summed E-state index contributed by atoms with van der Waals surface area (Å²) in [5.74, 6) is -0.466. The average molecular weight is 397 g/mol. The Kier molecular flexibility index (Phi) is 6.72. The molecule has 0 bridgehead atoms. The van der Waals surface area contributed by atoms with Gasteiger partial charge in [0.05, 0.1) is 12.4 Å². The van der Waals surface area contributed by atoms with Gasteiger partial charge in [0.25, 0.3) is 0 Å². The molecule has 2 aromatic heterocycles. The molecular weight excluding hydrogens is 393 g/mol. The molecule has 2 heterocycles. The Balaban J connectivity index is 0.000000200. The monoisotopic (exact) mass is 394 g/mol. The number of pyridine rings is 2. The molecule has 2 rings (SSSR count). The number of aromatic hydroxyl groups is 2. The van der Waals surface area contributed by atoms with Gasteiger partial charge in [-0.25, -0.2) is 9.97 Å². The molecule has 10 heteroatoms. The molecule has 0 amide bonds. The first-order valence-corrected chi connectivity index (χ1v) is 6.89. The minimum absolute atomic E-state index is 0.0193. The van der Waals surface area contributed by atoms with Gasteiger partial charge in [-0.2, -0.15) is 0 Å². The predicted octanol–water partition coefficient (Wildman–Crippen LogP) is 5.49. The molecule has 2 aromatic rings. The Hall–Kier alpha value is -0.360. The zero-order valence-corrected chi connectivity index (χ0v) is 13.7. The van der Waals surface area contributed by atoms with Crippen LogP contribution >= 0.6 is 69.6 Å². The predicted molar refractivity (Wildman–Crippen MR) is 81.9 cm³/mol. The molecule has 0 atom stereocenters. The molecule has 0 aromatic carbocycles. The van der Waals surface area contributed by atoms with E-state index in [9.17, 15) is 0 Å². The van der Waals surface area contributed by atoms with Crippen LogP contribution in [0.5, 0.6) is 11.5 Å². The van der Waals surface area contributed by atoms with Gasteiger partial charge in [0.15, 0.2) is 21.8 Å². The van der Waals surface area contributed by atoms with Gasteiger partial charge >= 0.3 is 0 Å². The van der Waals surface area contributed by atoms with Crippen LogP contribution in [-0.2, 0) is 0 Å². The van der Waals surface area contributed by atoms with Crippen molar-refractivity contribution in [1.82, 2.24) is 9.97 Å². The van der Waals surface area contributed by atoms with E-state index in [0.717, 1.165) is 0 Å². The van der Waals surface area contributed by atoms with Crippen molar-refractivity contribution in [3.05, 3.63) is 42.8 Å². The van der Waals surface area contributed by atoms with Crippen LogP contribution in [0.15, 0.2) is 12.4 Å². The standard InChI is InChI=1S/2C5H2Cl3NO/c2*6-2-1-9-5(8)3(7)4(2)10/h2*1H,(H,9,10). The van der Waals surface area contributed by atoms with E-state index in [1.165, 1.54) is 12.4 Å². The first-order valence-electron chi connectivity index (χ1n) is 4.62. The summed E-state index contributed by atoms with van der Waals surface area (Å²) in [6.45, 7) is 0. The molecular formula is C10H4Cl6N2O2. The molecule has 4 nitrogen and oxygen atoms in total. The van der Waals surface area contributed by atoms with E-state index in [4.69, 9.17) is 79.8 Å². The molecule has 0 aliphatic carbocycles. The molecule has 20 heavy (non-hydrogen) atoms. The van der Waals surface area contributed by atoms with Crippen LogP contribution in [0, 0.1) is 0 Å². The second-order valence-corrected chi connectivity index (χ2v) is 5.41. The third-order valence-corrected chi connectivity index (χ3v) is 3.85. The van der Waals surface area contributed by atoms with Crippen LogP contribution in [0.3, 0.4) is 0 Å². The van der Waals surface area contributed by atoms with Gasteiger partial charge in [-0.3, -0.25) is 0 Å². The SMILES string of the molecule is Oc1c(Cl)cnc(Cl)c1Cl.Oc1c(Cl)cnc(Cl)c1Cl. The normalized spacial score (nSPS) is 9.90. The molecule has 108 valence electrons. The summed E-state index contributed by atoms with van der Waals surface area (Å²) in [5.41, 5.74) is 0. The quantitative estimate of drug-likeness (QED) is 0.577. The number of nitrogens with zero attached hydrogens (tertiary/aromatic N) is 2. The fraction of sp³-hybridized carbons (Fsp3) is 0. The number of halogens is 6. The Bertz CT molecular complexity index is 528. The molecule has 2 N–H and O–H groups in total. The maximum atomic E-state index is 9.00. The lowest BCUT2D eigenvalue weighted by molar-refractivity contribution is 0.474. The van der Waals surface area contributed by atoms with E-state index in [0.29, 0.717) is 0 Å². The summed E-state index contributed by atoms with van der Waals surface area (Å²) in [6, 6.07) is 0. The first-order chi connectivity index (χ1) is 9.25. The summed E-state index contributed by atoms with van der Waals surface area (Å²) < 4.78 is 0. The van der Waals surface area contributed by atoms with Crippen molar-refractivity contribution in [2.75, 3.05) is 0 Å². The van der Waals surface area contributed by atoms with Crippen molar-refractivity contribution in [2.45, 2.75) is 0 Å². The van der Waals surface area contributed by atoms with Crippen LogP contribution in [0.2, 0.25) is 30.4 Å². The minimum atomic E-state index is -0.233. The fourth-order valence-electron chi connectivity index (χ4n) is 0.867. The second kappa shape index (κ2) is 7.59. The number of rotatable bonds is 0. The molecule has 0 radical (unpaired) electrons. The molecule has 0 saturated carbocycles. The van der Waals surface area contributed by atoms with Crippen LogP contribution < -0.4 is 0 Å². The van der Waals surface area contributed by atoms with E-state index in [-0.39, 0.29) is 41.9 Å². The number of hydrogen-bond acceptors (Lipinski definition) is 4. The minimum Gasteiger partial charge on any atom is -0.505 e. The number of aromatic nitrogens is 2. The Morgan fingerprint density at radius 1 is 0.650 bits per heavy atom. The summed E-state index contributed by atoms with van der Waals surface area (Å²) in [6.07, 6.45) is 2.45. The van der Waals surface area contributed by atoms with Crippen molar-refractivity contribution in [3.63, 3.8) is 0 Å². The van der Waals surface area contributed by atoms with Crippen molar-refractivity contribution in [3.8, 4) is 11.5 Å². The summed E-state index contributed by atoms with van der Waals surface area (Å²) >= 11 is 32.6. The maximum Gasteiger partial charge on any atom is 0.157 e. The van der Waals surface area contributed by atoms with Crippen molar-refractivity contribution in [1.29, 1.82) is 0 Å². The van der Waals surface area contributed by atoms with Crippen LogP contribution in [0.4, 0.5) is 0 Å². The molecule has 0 spiro atoms. The van der Waals surface area contributed by atoms with Gasteiger partial charge < -0.3 is 10.2 Å². The summed E-state index contributed by atoms with van der Waals surface area (Å²) in [5, 5.41) is 18.2. The second-order valence-electron chi connectivity index (χ2n) is 3.12. The van der Waals surface area contributed by atoms with E-state index in [2.05, 4.69) is 9.97 Å². The van der Waals surface area contributed by atoms with Gasteiger partial charge in [-0.1, -0.05) is 69.6 Å². The highest BCUT2D eigenvalue weighted by molar-refractivity contribution is 6.44. The molecule has 0 aliphatic rings. The van der Waals surface area contributed by atoms with Crippen LogP contribution in [0.1, 0.15) is 0 Å². The highest BCUT2D eigenvalue weighted by atomic mass is 35.5. The highest BCUT2D eigenvalue weighted by Crippen LogP contribution is 2.35. The van der Waals surface area contributed by atoms with Gasteiger partial charge in [0, 0.05) is 0 Å². The molecule has 0 aliphatic heterocycles. The van der Waals surface area contributed by atoms with Crippen molar-refractivity contribution >= 4 is 69.6 Å². The molecule has 0 unspecified atom stereocenters. The van der Waals surface area contributed by atoms with E-state index in [1.54, 1.807) is 0 Å². The Labute approximate surface area is 143 Å². The lowest BCUT2D eigenvalue weighted by atomic mass is 10.4. The van der Waals surface area contributed by atoms with Crippen LogP contribution in [-0.4, -0.2) is 20.2 Å². The lowest BCUT2D eigenvalue weighted by Crippen LogP contribution is -1.77. The van der Waals surface area contributed by atoms with Gasteiger partial charge in [0.2, 0.25) is 0 Å². The summed E-state index contributed by atoms with van der Waals surface area (Å²) in [7, 11) is 0. The van der Waals surface area contributed by atoms with E-state index >= 15 is 0 Å². The zero-order chi connectivity index (χ0) is 15.4. The Morgan fingerprint density at radius 2 is 0.950 bits per heavy atom. The topological polar surface area (TPSA) is 66.2 Å². The third kappa shape index (κ3) is 4.32. The fourth-order valence-corrected chi connectivity index (χ4v) is 1.83. The van der Waals surface area contributed by atoms with Crippen molar-refractivity contribution in [2.24, 2.45) is 0 Å². The van der Waals surface area contributed by atoms with Crippen molar-refractivity contribution < 1.29 is 10.2 Å². The lowest BCUT2D eigenvalue weighted by Gasteiger charge is -1.98. The van der Waals surface area contributed by atoms with Crippen LogP contribution in [0.25, 0.3) is 0 Å². The zero-order valence-electron chi connectivity index (χ0n) is 9.21. The van der Waals surface area contributed by atoms with Gasteiger partial charge in [-0.05, 0) is 0 Å². The molecule has 0 fully saturated rings. The summed E-state index contributed by atoms with van der Waals surface area (Å²) in [4.78, 5) is 7.16. The van der Waals surface area contributed by atoms with Gasteiger partial charge in [0.1, 0.15) is 20.1 Å². The van der Waals surface area contributed by atoms with Gasteiger partial charge in [-0.15, -0.1) is 0 Å². The Morgan fingerprint density at radius 3 is 1.20 bits per heavy atom. The number of hydrogen-bond donors (Lipinski definition) is 2. The molecule has 0 saturated heterocycles. The largest absolute Gasteiger partial charge is 0.505 e. The average Bonchev–Trinajstić information content (AvgIpc) is 2.43. The third-order valence-electron chi connectivity index (χ3n) is 1.81. The smallest absolute Gasteiger partial charge is 0.157 e. The first kappa shape index (κ1) is 17.7. The highest BCUT2D eigenvalue weighted by Gasteiger charge is 2.08. The van der Waals surface area contributed by atoms with E-state index in [1.807, 2.05) is 0 Å². The maximum absolute atomic E-state index is 9.00. The van der Waals surface area contributed by atoms with E-state index < -0.39 is 0 Å².